The van der Waals surface area contributed by atoms with E-state index < -0.39 is 6.34 Å². The summed E-state index contributed by atoms with van der Waals surface area (Å²) < 4.78 is 9.88. The van der Waals surface area contributed by atoms with E-state index in [1.807, 2.05) is 12.1 Å². The Morgan fingerprint density at radius 3 is 1.83 bits per heavy atom. The van der Waals surface area contributed by atoms with Crippen molar-refractivity contribution in [1.82, 2.24) is 0 Å². The summed E-state index contributed by atoms with van der Waals surface area (Å²) in [5.74, 6) is 0.820. The summed E-state index contributed by atoms with van der Waals surface area (Å²) in [5, 5.41) is 1.09. The Morgan fingerprint density at radius 2 is 1.31 bits per heavy atom. The number of hydrogen-bond donors (Lipinski definition) is 0. The third-order valence-corrected chi connectivity index (χ3v) is 10.3. The molecule has 0 bridgehead atoms. The number of anilines is 2. The first-order valence-electron chi connectivity index (χ1n) is 9.43. The standard InChI is InChI=1S/C23H23N2OPS2/c1-17-4-8-19(9-5-17)24-16-23(28)25(20-10-6-18(2)7-11-20)27(24,29)22-14-12-21(26-3)13-15-22/h4-15H,16H2,1-3H3. The average molecular weight is 439 g/mol. The largest absolute Gasteiger partial charge is 0.497 e. The zero-order valence-corrected chi connectivity index (χ0v) is 19.2. The molecule has 0 radical (unpaired) electrons. The summed E-state index contributed by atoms with van der Waals surface area (Å²) in [6, 6.07) is 25.1. The number of methoxy groups -OCH3 is 1. The molecule has 0 saturated carbocycles. The summed E-state index contributed by atoms with van der Waals surface area (Å²) >= 11 is 12.4. The number of thiocarbonyl (C=S) groups is 1. The summed E-state index contributed by atoms with van der Waals surface area (Å²) in [5.41, 5.74) is 4.59. The van der Waals surface area contributed by atoms with Crippen LogP contribution in [0.25, 0.3) is 0 Å². The van der Waals surface area contributed by atoms with E-state index in [-0.39, 0.29) is 0 Å². The smallest absolute Gasteiger partial charge is 0.158 e. The number of benzene rings is 3. The van der Waals surface area contributed by atoms with Crippen LogP contribution < -0.4 is 19.4 Å². The highest BCUT2D eigenvalue weighted by molar-refractivity contribution is 8.20. The molecule has 4 rings (SSSR count). The van der Waals surface area contributed by atoms with Crippen molar-refractivity contribution in [2.24, 2.45) is 0 Å². The Balaban J connectivity index is 1.89. The second-order valence-corrected chi connectivity index (χ2v) is 11.7. The van der Waals surface area contributed by atoms with Gasteiger partial charge in [-0.05, 0) is 74.2 Å². The molecule has 1 saturated heterocycles. The third kappa shape index (κ3) is 3.59. The first kappa shape index (κ1) is 20.1. The Kier molecular flexibility index (Phi) is 5.48. The summed E-state index contributed by atoms with van der Waals surface area (Å²) in [6.45, 7) is 4.82. The van der Waals surface area contributed by atoms with Crippen molar-refractivity contribution in [3.05, 3.63) is 83.9 Å². The highest BCUT2D eigenvalue weighted by Crippen LogP contribution is 2.60. The first-order valence-corrected chi connectivity index (χ1v) is 12.5. The van der Waals surface area contributed by atoms with E-state index in [9.17, 15) is 0 Å². The molecule has 6 heteroatoms. The lowest BCUT2D eigenvalue weighted by molar-refractivity contribution is 0.415. The Bertz CT molecular complexity index is 1080. The SMILES string of the molecule is COc1ccc(P2(=S)N(c3ccc(C)cc3)CC(=S)N2c2ccc(C)cc2)cc1. The van der Waals surface area contributed by atoms with E-state index in [0.717, 1.165) is 27.4 Å². The van der Waals surface area contributed by atoms with E-state index in [2.05, 4.69) is 83.9 Å². The van der Waals surface area contributed by atoms with Crippen LogP contribution in [0.5, 0.6) is 5.75 Å². The number of hydrogen-bond acceptors (Lipinski definition) is 3. The maximum Gasteiger partial charge on any atom is 0.158 e. The molecule has 29 heavy (non-hydrogen) atoms. The lowest BCUT2D eigenvalue weighted by Gasteiger charge is -2.36. The molecule has 1 atom stereocenters. The Morgan fingerprint density at radius 1 is 0.793 bits per heavy atom. The van der Waals surface area contributed by atoms with Gasteiger partial charge in [-0.1, -0.05) is 47.6 Å². The van der Waals surface area contributed by atoms with Crippen molar-refractivity contribution in [3.63, 3.8) is 0 Å². The molecule has 1 unspecified atom stereocenters. The number of rotatable bonds is 4. The monoisotopic (exact) mass is 438 g/mol. The molecule has 3 nitrogen and oxygen atoms in total. The minimum atomic E-state index is -2.40. The molecule has 148 valence electrons. The molecule has 1 aliphatic heterocycles. The van der Waals surface area contributed by atoms with E-state index in [1.165, 1.54) is 11.1 Å². The predicted molar refractivity (Wildman–Crippen MR) is 132 cm³/mol. The fourth-order valence-electron chi connectivity index (χ4n) is 3.53. The second kappa shape index (κ2) is 7.91. The fourth-order valence-corrected chi connectivity index (χ4v) is 8.62. The molecule has 0 amide bonds. The van der Waals surface area contributed by atoms with E-state index >= 15 is 0 Å². The van der Waals surface area contributed by atoms with Crippen LogP contribution in [0, 0.1) is 13.8 Å². The van der Waals surface area contributed by atoms with Crippen LogP contribution in [-0.2, 0) is 11.8 Å². The van der Waals surface area contributed by atoms with Crippen LogP contribution in [0.2, 0.25) is 0 Å². The molecule has 1 aliphatic rings. The number of aryl methyl sites for hydroxylation is 2. The Hall–Kier alpha value is -2.20. The van der Waals surface area contributed by atoms with Crippen molar-refractivity contribution < 1.29 is 4.74 Å². The zero-order valence-electron chi connectivity index (χ0n) is 16.7. The molecule has 0 spiro atoms. The van der Waals surface area contributed by atoms with Gasteiger partial charge < -0.3 is 9.41 Å². The van der Waals surface area contributed by atoms with Crippen molar-refractivity contribution >= 4 is 52.0 Å². The van der Waals surface area contributed by atoms with Crippen molar-refractivity contribution in [3.8, 4) is 5.75 Å². The van der Waals surface area contributed by atoms with Crippen molar-refractivity contribution in [2.45, 2.75) is 13.8 Å². The second-order valence-electron chi connectivity index (χ2n) is 7.18. The quantitative estimate of drug-likeness (QED) is 0.388. The van der Waals surface area contributed by atoms with Gasteiger partial charge in [-0.3, -0.25) is 4.67 Å². The fraction of sp³-hybridized carbons (Fsp3) is 0.174. The van der Waals surface area contributed by atoms with Gasteiger partial charge in [-0.25, -0.2) is 0 Å². The van der Waals surface area contributed by atoms with Crippen LogP contribution in [-0.4, -0.2) is 18.6 Å². The molecular formula is C23H23N2OPS2. The van der Waals surface area contributed by atoms with Crippen molar-refractivity contribution in [2.75, 3.05) is 23.0 Å². The predicted octanol–water partition coefficient (Wildman–Crippen LogP) is 5.60. The maximum atomic E-state index is 6.50. The van der Waals surface area contributed by atoms with E-state index in [1.54, 1.807) is 7.11 Å². The van der Waals surface area contributed by atoms with E-state index in [0.29, 0.717) is 6.54 Å². The minimum Gasteiger partial charge on any atom is -0.497 e. The van der Waals surface area contributed by atoms with Gasteiger partial charge in [0.1, 0.15) is 10.7 Å². The number of ether oxygens (including phenoxy) is 1. The molecule has 0 aliphatic carbocycles. The molecule has 3 aromatic carbocycles. The van der Waals surface area contributed by atoms with Gasteiger partial charge in [0.2, 0.25) is 0 Å². The summed E-state index contributed by atoms with van der Waals surface area (Å²) in [4.78, 5) is 0.855. The highest BCUT2D eigenvalue weighted by atomic mass is 32.4. The highest BCUT2D eigenvalue weighted by Gasteiger charge is 2.44. The van der Waals surface area contributed by atoms with Gasteiger partial charge >= 0.3 is 0 Å². The normalized spacial score (nSPS) is 18.9. The summed E-state index contributed by atoms with van der Waals surface area (Å²) in [7, 11) is 1.68. The average Bonchev–Trinajstić information content (AvgIpc) is 3.01. The third-order valence-electron chi connectivity index (χ3n) is 5.14. The van der Waals surface area contributed by atoms with Gasteiger partial charge in [0.05, 0.1) is 13.7 Å². The first-order chi connectivity index (χ1) is 13.9. The van der Waals surface area contributed by atoms with Crippen LogP contribution in [0.15, 0.2) is 72.8 Å². The molecule has 1 heterocycles. The van der Waals surface area contributed by atoms with Crippen molar-refractivity contribution in [1.29, 1.82) is 0 Å². The Labute approximate surface area is 183 Å². The lowest BCUT2D eigenvalue weighted by Crippen LogP contribution is -2.27. The molecule has 3 aromatic rings. The topological polar surface area (TPSA) is 15.7 Å². The van der Waals surface area contributed by atoms with Crippen LogP contribution in [0.1, 0.15) is 11.1 Å². The van der Waals surface area contributed by atoms with Gasteiger partial charge in [0, 0.05) is 16.7 Å². The molecule has 0 N–H and O–H groups in total. The van der Waals surface area contributed by atoms with E-state index in [4.69, 9.17) is 28.8 Å². The minimum absolute atomic E-state index is 0.635. The lowest BCUT2D eigenvalue weighted by atomic mass is 10.2. The molecule has 0 aromatic heterocycles. The number of nitrogens with zero attached hydrogens (tertiary/aromatic N) is 2. The molecule has 1 fully saturated rings. The summed E-state index contributed by atoms with van der Waals surface area (Å²) in [6.07, 6.45) is -2.40. The van der Waals surface area contributed by atoms with Crippen LogP contribution in [0.3, 0.4) is 0 Å². The molecular weight excluding hydrogens is 415 g/mol. The van der Waals surface area contributed by atoms with Gasteiger partial charge in [0.25, 0.3) is 0 Å². The van der Waals surface area contributed by atoms with Gasteiger partial charge in [0.15, 0.2) is 6.34 Å². The maximum absolute atomic E-state index is 6.50. The van der Waals surface area contributed by atoms with Crippen LogP contribution >= 0.6 is 18.6 Å². The zero-order chi connectivity index (χ0) is 20.6. The van der Waals surface area contributed by atoms with Crippen LogP contribution in [0.4, 0.5) is 11.4 Å². The van der Waals surface area contributed by atoms with Gasteiger partial charge in [-0.2, -0.15) is 0 Å². The van der Waals surface area contributed by atoms with Gasteiger partial charge in [-0.15, -0.1) is 0 Å².